The smallest absolute Gasteiger partial charge is 0.306 e. The van der Waals surface area contributed by atoms with Gasteiger partial charge in [0.2, 0.25) is 0 Å². The molecular formula is C51H97NO10. The number of carbonyl (C=O) groups excluding carboxylic acids is 3. The highest BCUT2D eigenvalue weighted by Crippen LogP contribution is 2.10. The molecule has 11 nitrogen and oxygen atoms in total. The maximum atomic E-state index is 11.4. The number of esters is 3. The average molecular weight is 884 g/mol. The van der Waals surface area contributed by atoms with E-state index in [1.54, 1.807) is 12.2 Å². The molecule has 0 saturated carbocycles. The standard InChI is InChI=1S/C14H27NO.C13H22O3.C11H18O3.C9H14O3.4CH4/c1-3-11-15(12-4-2)13-9-7-5-6-8-10-14-16;1-3-8-12(9-4-2)16-13(15)10-6-5-7-11-14;1-3-10(4-2)14-11(13)8-6-5-7-9-12;1-3-8(4-2)12-9(11)6-5-7-10;;;;/h3-4,16H,1-2,5-14H2;3-4,12,14H,1-2,5-11H2;3-4,10,12H,1-2,5-9H2;3-4,8,10H,1-2,5-7H2;4*1H4. The fraction of sp³-hybridized carbons (Fsp3) is 0.627. The van der Waals surface area contributed by atoms with E-state index in [4.69, 9.17) is 34.6 Å². The third-order valence-corrected chi connectivity index (χ3v) is 7.90. The third kappa shape index (κ3) is 60.4. The number of hydrogen-bond donors (Lipinski definition) is 4. The fourth-order valence-corrected chi connectivity index (χ4v) is 4.73. The number of hydrogen-bond acceptors (Lipinski definition) is 11. The largest absolute Gasteiger partial charge is 0.462 e. The molecule has 0 rings (SSSR count). The molecule has 0 unspecified atom stereocenters. The van der Waals surface area contributed by atoms with Crippen LogP contribution in [0.2, 0.25) is 0 Å². The van der Waals surface area contributed by atoms with Gasteiger partial charge in [-0.05, 0) is 75.8 Å². The predicted octanol–water partition coefficient (Wildman–Crippen LogP) is 11.0. The Kier molecular flexibility index (Phi) is 77.6. The Labute approximate surface area is 381 Å². The van der Waals surface area contributed by atoms with Crippen molar-refractivity contribution in [2.45, 2.75) is 164 Å². The lowest BCUT2D eigenvalue weighted by atomic mass is 10.1. The van der Waals surface area contributed by atoms with Gasteiger partial charge < -0.3 is 34.6 Å². The summed E-state index contributed by atoms with van der Waals surface area (Å²) in [5, 5.41) is 34.1. The minimum absolute atomic E-state index is 0. The van der Waals surface area contributed by atoms with Gasteiger partial charge in [-0.25, -0.2) is 0 Å². The number of aliphatic hydroxyl groups is 4. The van der Waals surface area contributed by atoms with Gasteiger partial charge >= 0.3 is 17.9 Å². The van der Waals surface area contributed by atoms with E-state index in [0.717, 1.165) is 64.6 Å². The van der Waals surface area contributed by atoms with Crippen LogP contribution in [0, 0.1) is 0 Å². The first kappa shape index (κ1) is 75.5. The van der Waals surface area contributed by atoms with Crippen LogP contribution in [0.15, 0.2) is 101 Å². The van der Waals surface area contributed by atoms with Gasteiger partial charge in [0.15, 0.2) is 0 Å². The van der Waals surface area contributed by atoms with Gasteiger partial charge in [0.1, 0.15) is 18.3 Å². The third-order valence-electron chi connectivity index (χ3n) is 7.90. The van der Waals surface area contributed by atoms with Crippen LogP contribution in [0.4, 0.5) is 0 Å². The van der Waals surface area contributed by atoms with Crippen molar-refractivity contribution < 1.29 is 49.0 Å². The molecule has 0 radical (unpaired) electrons. The van der Waals surface area contributed by atoms with Gasteiger partial charge in [-0.2, -0.15) is 0 Å². The van der Waals surface area contributed by atoms with Crippen molar-refractivity contribution in [2.75, 3.05) is 46.1 Å². The molecule has 0 aliphatic carbocycles. The molecule has 0 spiro atoms. The Morgan fingerprint density at radius 1 is 0.419 bits per heavy atom. The highest BCUT2D eigenvalue weighted by molar-refractivity contribution is 5.70. The van der Waals surface area contributed by atoms with Gasteiger partial charge in [0.05, 0.1) is 0 Å². The maximum absolute atomic E-state index is 11.4. The van der Waals surface area contributed by atoms with E-state index in [1.807, 2.05) is 12.2 Å². The topological polar surface area (TPSA) is 163 Å². The van der Waals surface area contributed by atoms with E-state index >= 15 is 0 Å². The minimum atomic E-state index is -0.420. The molecule has 0 heterocycles. The maximum Gasteiger partial charge on any atom is 0.306 e. The number of rotatable bonds is 36. The molecule has 0 fully saturated rings. The Morgan fingerprint density at radius 3 is 1.05 bits per heavy atom. The molecule has 62 heavy (non-hydrogen) atoms. The first-order valence-electron chi connectivity index (χ1n) is 20.8. The van der Waals surface area contributed by atoms with E-state index in [2.05, 4.69) is 57.5 Å². The Morgan fingerprint density at radius 2 is 0.726 bits per heavy atom. The molecule has 0 aliphatic rings. The van der Waals surface area contributed by atoms with Crippen LogP contribution < -0.4 is 0 Å². The highest BCUT2D eigenvalue weighted by Gasteiger charge is 2.11. The fourth-order valence-electron chi connectivity index (χ4n) is 4.73. The van der Waals surface area contributed by atoms with Crippen LogP contribution in [-0.4, -0.2) is 108 Å². The first-order chi connectivity index (χ1) is 28.1. The van der Waals surface area contributed by atoms with Gasteiger partial charge in [0.25, 0.3) is 0 Å². The van der Waals surface area contributed by atoms with Crippen molar-refractivity contribution in [3.05, 3.63) is 101 Å². The molecular weight excluding hydrogens is 787 g/mol. The van der Waals surface area contributed by atoms with Gasteiger partial charge in [-0.3, -0.25) is 19.3 Å². The quantitative estimate of drug-likeness (QED) is 0.0205. The summed E-state index contributed by atoms with van der Waals surface area (Å²) in [5.74, 6) is -0.756. The lowest BCUT2D eigenvalue weighted by molar-refractivity contribution is -0.149. The van der Waals surface area contributed by atoms with Crippen LogP contribution in [0.3, 0.4) is 0 Å². The van der Waals surface area contributed by atoms with E-state index in [1.165, 1.54) is 56.4 Å². The number of carbonyl (C=O) groups is 3. The van der Waals surface area contributed by atoms with Crippen LogP contribution >= 0.6 is 0 Å². The lowest BCUT2D eigenvalue weighted by Gasteiger charge is -2.18. The summed E-state index contributed by atoms with van der Waals surface area (Å²) in [7, 11) is 0. The van der Waals surface area contributed by atoms with Crippen molar-refractivity contribution in [1.82, 2.24) is 4.90 Å². The van der Waals surface area contributed by atoms with Crippen molar-refractivity contribution in [1.29, 1.82) is 0 Å². The lowest BCUT2D eigenvalue weighted by Crippen LogP contribution is -2.24. The van der Waals surface area contributed by atoms with Crippen molar-refractivity contribution in [2.24, 2.45) is 0 Å². The molecule has 0 aromatic heterocycles. The van der Waals surface area contributed by atoms with Crippen LogP contribution in [-0.2, 0) is 28.6 Å². The molecule has 11 heteroatoms. The normalized spacial score (nSPS) is 9.42. The van der Waals surface area contributed by atoms with Gasteiger partial charge in [-0.15, -0.1) is 26.3 Å². The summed E-state index contributed by atoms with van der Waals surface area (Å²) in [6.45, 7) is 32.5. The zero-order chi connectivity index (χ0) is 44.5. The molecule has 0 saturated heterocycles. The second kappa shape index (κ2) is 63.8. The van der Waals surface area contributed by atoms with Crippen LogP contribution in [0.25, 0.3) is 0 Å². The van der Waals surface area contributed by atoms with Gasteiger partial charge in [0, 0.05) is 71.6 Å². The molecule has 0 aromatic carbocycles. The Balaban J connectivity index is -0.000000103. The summed E-state index contributed by atoms with van der Waals surface area (Å²) in [6, 6.07) is 0. The Hall–Kier alpha value is -3.87. The summed E-state index contributed by atoms with van der Waals surface area (Å²) in [4.78, 5) is 35.8. The molecule has 0 amide bonds. The van der Waals surface area contributed by atoms with E-state index < -0.39 is 6.10 Å². The molecule has 366 valence electrons. The van der Waals surface area contributed by atoms with Crippen molar-refractivity contribution in [3.63, 3.8) is 0 Å². The predicted molar refractivity (Wildman–Crippen MR) is 266 cm³/mol. The summed E-state index contributed by atoms with van der Waals surface area (Å²) in [6.07, 6.45) is 27.2. The SMILES string of the molecule is C.C.C.C.C=CC(C=C)OC(=O)CCCCCO.C=CC(C=C)OC(=O)CCCO.C=CCC(CC=C)OC(=O)CCCCCO.C=CCN(CC=C)CCCCCCCCO. The Bertz CT molecular complexity index is 1030. The monoisotopic (exact) mass is 884 g/mol. The number of nitrogens with zero attached hydrogens (tertiary/aromatic N) is 1. The molecule has 0 atom stereocenters. The minimum Gasteiger partial charge on any atom is -0.462 e. The zero-order valence-corrected chi connectivity index (χ0v) is 35.9. The summed E-state index contributed by atoms with van der Waals surface area (Å²) in [5.41, 5.74) is 0. The molecule has 0 bridgehead atoms. The molecule has 0 aliphatic heterocycles. The molecule has 4 N–H and O–H groups in total. The van der Waals surface area contributed by atoms with Gasteiger partial charge in [-0.1, -0.05) is 119 Å². The second-order valence-corrected chi connectivity index (χ2v) is 13.1. The zero-order valence-electron chi connectivity index (χ0n) is 35.9. The summed E-state index contributed by atoms with van der Waals surface area (Å²) < 4.78 is 15.1. The average Bonchev–Trinajstić information content (AvgIpc) is 3.22. The van der Waals surface area contributed by atoms with Crippen LogP contribution in [0.1, 0.15) is 145 Å². The molecule has 0 aromatic rings. The second-order valence-electron chi connectivity index (χ2n) is 13.1. The van der Waals surface area contributed by atoms with Crippen LogP contribution in [0.5, 0.6) is 0 Å². The highest BCUT2D eigenvalue weighted by atomic mass is 16.5. The number of unbranched alkanes of at least 4 members (excludes halogenated alkanes) is 9. The van der Waals surface area contributed by atoms with E-state index in [-0.39, 0.29) is 86.1 Å². The van der Waals surface area contributed by atoms with E-state index in [0.29, 0.717) is 38.7 Å². The summed E-state index contributed by atoms with van der Waals surface area (Å²) >= 11 is 0. The number of aliphatic hydroxyl groups excluding tert-OH is 4. The van der Waals surface area contributed by atoms with E-state index in [9.17, 15) is 14.4 Å². The number of ether oxygens (including phenoxy) is 3. The van der Waals surface area contributed by atoms with Crippen molar-refractivity contribution >= 4 is 17.9 Å². The van der Waals surface area contributed by atoms with Crippen molar-refractivity contribution in [3.8, 4) is 0 Å². The first-order valence-corrected chi connectivity index (χ1v) is 20.8.